The van der Waals surface area contributed by atoms with E-state index in [-0.39, 0.29) is 24.6 Å². The third kappa shape index (κ3) is 5.03. The topological polar surface area (TPSA) is 69.5 Å². The van der Waals surface area contributed by atoms with Gasteiger partial charge in [0.05, 0.1) is 11.6 Å². The summed E-state index contributed by atoms with van der Waals surface area (Å²) in [4.78, 5) is 18.6. The molecule has 8 heteroatoms. The SMILES string of the molecule is CC(C)(C)OC(=O)N1CCC(n2nc(-c3ccc(OCc4ccccc4F)cc3)c3cnccc32)C1. The average molecular weight is 489 g/mol. The number of hydrogen-bond donors (Lipinski definition) is 0. The highest BCUT2D eigenvalue weighted by molar-refractivity contribution is 5.92. The zero-order valence-corrected chi connectivity index (χ0v) is 20.6. The second-order valence-electron chi connectivity index (χ2n) is 9.96. The van der Waals surface area contributed by atoms with Crippen molar-refractivity contribution in [3.05, 3.63) is 78.4 Å². The van der Waals surface area contributed by atoms with E-state index in [1.165, 1.54) is 6.07 Å². The van der Waals surface area contributed by atoms with E-state index >= 15 is 0 Å². The Morgan fingerprint density at radius 1 is 1.11 bits per heavy atom. The molecule has 7 nitrogen and oxygen atoms in total. The maximum Gasteiger partial charge on any atom is 0.410 e. The van der Waals surface area contributed by atoms with Crippen LogP contribution < -0.4 is 4.74 Å². The van der Waals surface area contributed by atoms with Crippen LogP contribution in [0, 0.1) is 5.82 Å². The first-order chi connectivity index (χ1) is 17.3. The second kappa shape index (κ2) is 9.60. The van der Waals surface area contributed by atoms with Gasteiger partial charge in [0.1, 0.15) is 29.5 Å². The van der Waals surface area contributed by atoms with E-state index in [1.54, 1.807) is 29.3 Å². The van der Waals surface area contributed by atoms with Gasteiger partial charge in [-0.25, -0.2) is 9.18 Å². The molecule has 4 aromatic rings. The Bertz CT molecular complexity index is 1380. The molecular formula is C28H29FN4O3. The van der Waals surface area contributed by atoms with Crippen LogP contribution in [0.1, 0.15) is 38.8 Å². The van der Waals surface area contributed by atoms with Gasteiger partial charge in [0.25, 0.3) is 0 Å². The van der Waals surface area contributed by atoms with Gasteiger partial charge in [-0.1, -0.05) is 18.2 Å². The van der Waals surface area contributed by atoms with Gasteiger partial charge in [-0.05, 0) is 63.6 Å². The number of rotatable bonds is 5. The fraction of sp³-hybridized carbons (Fsp3) is 0.321. The smallest absolute Gasteiger partial charge is 0.410 e. The third-order valence-electron chi connectivity index (χ3n) is 6.15. The monoisotopic (exact) mass is 488 g/mol. The highest BCUT2D eigenvalue weighted by Crippen LogP contribution is 2.33. The molecule has 0 N–H and O–H groups in total. The van der Waals surface area contributed by atoms with Crippen LogP contribution in [0.5, 0.6) is 5.75 Å². The first-order valence-corrected chi connectivity index (χ1v) is 12.1. The number of amides is 1. The van der Waals surface area contributed by atoms with Crippen molar-refractivity contribution in [2.24, 2.45) is 0 Å². The highest BCUT2D eigenvalue weighted by atomic mass is 19.1. The summed E-state index contributed by atoms with van der Waals surface area (Å²) in [5.41, 5.74) is 2.68. The van der Waals surface area contributed by atoms with Gasteiger partial charge in [0.15, 0.2) is 0 Å². The van der Waals surface area contributed by atoms with E-state index < -0.39 is 5.60 Å². The van der Waals surface area contributed by atoms with Crippen molar-refractivity contribution in [2.75, 3.05) is 13.1 Å². The molecule has 1 amide bonds. The number of benzene rings is 2. The summed E-state index contributed by atoms with van der Waals surface area (Å²) in [5, 5.41) is 5.89. The van der Waals surface area contributed by atoms with E-state index in [0.29, 0.717) is 24.4 Å². The molecule has 2 aromatic heterocycles. The Hall–Kier alpha value is -3.94. The van der Waals surface area contributed by atoms with Crippen LogP contribution in [0.3, 0.4) is 0 Å². The lowest BCUT2D eigenvalue weighted by Gasteiger charge is -2.24. The maximum absolute atomic E-state index is 13.9. The number of ether oxygens (including phenoxy) is 2. The molecule has 2 aromatic carbocycles. The summed E-state index contributed by atoms with van der Waals surface area (Å²) >= 11 is 0. The van der Waals surface area contributed by atoms with Crippen molar-refractivity contribution in [1.29, 1.82) is 0 Å². The Morgan fingerprint density at radius 3 is 2.64 bits per heavy atom. The standard InChI is InChI=1S/C28H29FN4O3/c1-28(2,3)36-27(34)32-15-13-21(17-32)33-25-12-14-30-16-23(25)26(31-33)19-8-10-22(11-9-19)35-18-20-6-4-5-7-24(20)29/h4-12,14,16,21H,13,15,17-18H2,1-3H3. The van der Waals surface area contributed by atoms with Crippen LogP contribution in [0.15, 0.2) is 67.0 Å². The molecule has 1 aliphatic rings. The summed E-state index contributed by atoms with van der Waals surface area (Å²) in [6, 6.07) is 16.2. The number of carbonyl (C=O) groups is 1. The van der Waals surface area contributed by atoms with Gasteiger partial charge in [0, 0.05) is 42.0 Å². The summed E-state index contributed by atoms with van der Waals surface area (Å²) in [6.07, 6.45) is 4.07. The molecule has 3 heterocycles. The minimum absolute atomic E-state index is 0.0412. The fourth-order valence-electron chi connectivity index (χ4n) is 4.40. The van der Waals surface area contributed by atoms with Crippen LogP contribution in [0.4, 0.5) is 9.18 Å². The van der Waals surface area contributed by atoms with Crippen molar-refractivity contribution in [1.82, 2.24) is 19.7 Å². The number of halogens is 1. The van der Waals surface area contributed by atoms with Gasteiger partial charge >= 0.3 is 6.09 Å². The molecule has 0 radical (unpaired) electrons. The molecule has 1 fully saturated rings. The number of hydrogen-bond acceptors (Lipinski definition) is 5. The molecule has 0 spiro atoms. The number of nitrogens with zero attached hydrogens (tertiary/aromatic N) is 4. The molecule has 1 aliphatic heterocycles. The Labute approximate surface area is 209 Å². The molecule has 0 bridgehead atoms. The van der Waals surface area contributed by atoms with Crippen molar-refractivity contribution in [3.63, 3.8) is 0 Å². The van der Waals surface area contributed by atoms with Crippen molar-refractivity contribution in [3.8, 4) is 17.0 Å². The molecule has 36 heavy (non-hydrogen) atoms. The van der Waals surface area contributed by atoms with E-state index in [1.807, 2.05) is 62.0 Å². The lowest BCUT2D eigenvalue weighted by atomic mass is 10.1. The van der Waals surface area contributed by atoms with Gasteiger partial charge in [-0.3, -0.25) is 9.67 Å². The first kappa shape index (κ1) is 23.8. The summed E-state index contributed by atoms with van der Waals surface area (Å²) in [6.45, 7) is 6.92. The second-order valence-corrected chi connectivity index (χ2v) is 9.96. The van der Waals surface area contributed by atoms with E-state index in [9.17, 15) is 9.18 Å². The molecule has 1 atom stereocenters. The lowest BCUT2D eigenvalue weighted by Crippen LogP contribution is -2.35. The summed E-state index contributed by atoms with van der Waals surface area (Å²) in [7, 11) is 0. The molecule has 5 rings (SSSR count). The Morgan fingerprint density at radius 2 is 1.89 bits per heavy atom. The molecule has 186 valence electrons. The molecule has 0 saturated carbocycles. The van der Waals surface area contributed by atoms with Gasteiger partial charge in [-0.15, -0.1) is 0 Å². The number of pyridine rings is 1. The fourth-order valence-corrected chi connectivity index (χ4v) is 4.40. The van der Waals surface area contributed by atoms with Crippen LogP contribution >= 0.6 is 0 Å². The predicted octanol–water partition coefficient (Wildman–Crippen LogP) is 6.00. The number of fused-ring (bicyclic) bond motifs is 1. The molecular weight excluding hydrogens is 459 g/mol. The first-order valence-electron chi connectivity index (χ1n) is 12.1. The predicted molar refractivity (Wildman–Crippen MR) is 135 cm³/mol. The minimum atomic E-state index is -0.530. The van der Waals surface area contributed by atoms with E-state index in [4.69, 9.17) is 14.6 Å². The summed E-state index contributed by atoms with van der Waals surface area (Å²) < 4.78 is 27.2. The van der Waals surface area contributed by atoms with Crippen molar-refractivity contribution < 1.29 is 18.7 Å². The van der Waals surface area contributed by atoms with Crippen LogP contribution in [-0.2, 0) is 11.3 Å². The molecule has 1 saturated heterocycles. The number of likely N-dealkylation sites (tertiary alicyclic amines) is 1. The quantitative estimate of drug-likeness (QED) is 0.345. The van der Waals surface area contributed by atoms with Gasteiger partial charge in [-0.2, -0.15) is 5.10 Å². The van der Waals surface area contributed by atoms with Gasteiger partial charge in [0.2, 0.25) is 0 Å². The summed E-state index contributed by atoms with van der Waals surface area (Å²) in [5.74, 6) is 0.364. The zero-order chi connectivity index (χ0) is 25.3. The Balaban J connectivity index is 1.35. The minimum Gasteiger partial charge on any atom is -0.489 e. The number of carbonyl (C=O) groups excluding carboxylic acids is 1. The lowest BCUT2D eigenvalue weighted by molar-refractivity contribution is 0.0288. The largest absolute Gasteiger partial charge is 0.489 e. The van der Waals surface area contributed by atoms with Gasteiger partial charge < -0.3 is 14.4 Å². The van der Waals surface area contributed by atoms with Crippen LogP contribution in [0.2, 0.25) is 0 Å². The van der Waals surface area contributed by atoms with E-state index in [2.05, 4.69) is 4.98 Å². The molecule has 1 unspecified atom stereocenters. The number of aromatic nitrogens is 3. The van der Waals surface area contributed by atoms with Crippen molar-refractivity contribution in [2.45, 2.75) is 45.4 Å². The van der Waals surface area contributed by atoms with Crippen LogP contribution in [0.25, 0.3) is 22.2 Å². The van der Waals surface area contributed by atoms with Crippen molar-refractivity contribution >= 4 is 17.0 Å². The Kier molecular flexibility index (Phi) is 6.35. The average Bonchev–Trinajstić information content (AvgIpc) is 3.48. The van der Waals surface area contributed by atoms with E-state index in [0.717, 1.165) is 28.6 Å². The van der Waals surface area contributed by atoms with Crippen LogP contribution in [-0.4, -0.2) is 44.4 Å². The normalized spacial score (nSPS) is 15.9. The molecule has 0 aliphatic carbocycles. The zero-order valence-electron chi connectivity index (χ0n) is 20.6. The highest BCUT2D eigenvalue weighted by Gasteiger charge is 2.32. The third-order valence-corrected chi connectivity index (χ3v) is 6.15. The maximum atomic E-state index is 13.9.